The van der Waals surface area contributed by atoms with Gasteiger partial charge in [-0.05, 0) is 123 Å². The van der Waals surface area contributed by atoms with Crippen molar-refractivity contribution in [3.63, 3.8) is 0 Å². The average Bonchev–Trinajstić information content (AvgIpc) is 3.00. The Kier molecular flexibility index (Phi) is 11.5. The van der Waals surface area contributed by atoms with Gasteiger partial charge in [-0.15, -0.1) is 0 Å². The van der Waals surface area contributed by atoms with Gasteiger partial charge in [-0.1, -0.05) is 12.1 Å². The summed E-state index contributed by atoms with van der Waals surface area (Å²) < 4.78 is 12.1. The van der Waals surface area contributed by atoms with Crippen molar-refractivity contribution >= 4 is 29.9 Å². The molecular formula is C38H56N8O7. The Labute approximate surface area is 311 Å². The van der Waals surface area contributed by atoms with Crippen molar-refractivity contribution in [2.45, 2.75) is 116 Å². The zero-order valence-corrected chi connectivity index (χ0v) is 32.3. The molecule has 0 bridgehead atoms. The number of benzene rings is 1. The van der Waals surface area contributed by atoms with Crippen LogP contribution in [0.5, 0.6) is 0 Å². The van der Waals surface area contributed by atoms with Crippen molar-refractivity contribution < 1.29 is 28.7 Å². The zero-order chi connectivity index (χ0) is 38.8. The molecule has 4 N–H and O–H groups in total. The van der Waals surface area contributed by atoms with Crippen LogP contribution in [0.1, 0.15) is 86.6 Å². The molecule has 1 aliphatic heterocycles. The first kappa shape index (κ1) is 39.5. The smallest absolute Gasteiger partial charge is 0.408 e. The van der Waals surface area contributed by atoms with Crippen LogP contribution < -0.4 is 27.0 Å². The molecule has 15 heteroatoms. The molecule has 1 spiro atoms. The normalized spacial score (nSPS) is 21.6. The predicted octanol–water partition coefficient (Wildman–Crippen LogP) is 4.18. The Hall–Kier alpha value is -4.66. The second-order valence-corrected chi connectivity index (χ2v) is 17.2. The lowest BCUT2D eigenvalue weighted by atomic mass is 9.52. The van der Waals surface area contributed by atoms with Gasteiger partial charge in [0.2, 0.25) is 5.91 Å². The van der Waals surface area contributed by atoms with E-state index in [0.717, 1.165) is 44.2 Å². The molecule has 0 radical (unpaired) electrons. The molecule has 1 saturated heterocycles. The van der Waals surface area contributed by atoms with Crippen LogP contribution in [0.15, 0.2) is 41.3 Å². The van der Waals surface area contributed by atoms with E-state index in [9.17, 15) is 24.0 Å². The lowest BCUT2D eigenvalue weighted by Gasteiger charge is -2.58. The van der Waals surface area contributed by atoms with Gasteiger partial charge in [-0.3, -0.25) is 14.7 Å². The van der Waals surface area contributed by atoms with Gasteiger partial charge in [0.25, 0.3) is 0 Å². The maximum Gasteiger partial charge on any atom is 0.408 e. The van der Waals surface area contributed by atoms with Gasteiger partial charge in [-0.25, -0.2) is 19.2 Å². The Morgan fingerprint density at radius 2 is 1.36 bits per heavy atom. The number of ether oxygens (including phenoxy) is 2. The largest absolute Gasteiger partial charge is 0.444 e. The van der Waals surface area contributed by atoms with E-state index in [1.165, 1.54) is 4.57 Å². The lowest BCUT2D eigenvalue weighted by molar-refractivity contribution is -0.138. The Balaban J connectivity index is 1.01. The predicted molar refractivity (Wildman–Crippen MR) is 200 cm³/mol. The number of rotatable bonds is 9. The van der Waals surface area contributed by atoms with E-state index in [4.69, 9.17) is 9.47 Å². The molecule has 0 atom stereocenters. The highest BCUT2D eigenvalue weighted by molar-refractivity contribution is 5.90. The third-order valence-electron chi connectivity index (χ3n) is 9.74. The fourth-order valence-corrected chi connectivity index (χ4v) is 7.25. The second kappa shape index (κ2) is 15.4. The third kappa shape index (κ3) is 10.7. The van der Waals surface area contributed by atoms with Gasteiger partial charge in [-0.2, -0.15) is 4.98 Å². The maximum atomic E-state index is 13.1. The van der Waals surface area contributed by atoms with Crippen LogP contribution in [0.3, 0.4) is 0 Å². The molecule has 53 heavy (non-hydrogen) atoms. The summed E-state index contributed by atoms with van der Waals surface area (Å²) >= 11 is 0. The molecule has 0 unspecified atom stereocenters. The Morgan fingerprint density at radius 1 is 0.792 bits per heavy atom. The number of nitrogens with zero attached hydrogens (tertiary/aromatic N) is 4. The van der Waals surface area contributed by atoms with Gasteiger partial charge in [0.1, 0.15) is 22.6 Å². The molecule has 5 rings (SSSR count). The molecule has 1 aromatic heterocycles. The third-order valence-corrected chi connectivity index (χ3v) is 9.74. The van der Waals surface area contributed by atoms with Crippen molar-refractivity contribution in [3.05, 3.63) is 52.6 Å². The van der Waals surface area contributed by atoms with Gasteiger partial charge < -0.3 is 35.2 Å². The molecule has 2 aliphatic carbocycles. The number of urea groups is 1. The quantitative estimate of drug-likeness (QED) is 0.294. The van der Waals surface area contributed by atoms with Crippen molar-refractivity contribution in [1.82, 2.24) is 35.3 Å². The lowest BCUT2D eigenvalue weighted by Crippen LogP contribution is -2.60. The number of carbonyl (C=O) groups excluding carboxylic acids is 4. The van der Waals surface area contributed by atoms with E-state index in [0.29, 0.717) is 17.1 Å². The number of anilines is 1. The highest BCUT2D eigenvalue weighted by Crippen LogP contribution is 2.55. The number of carbonyl (C=O) groups is 4. The summed E-state index contributed by atoms with van der Waals surface area (Å²) in [6.45, 7) is 16.0. The van der Waals surface area contributed by atoms with Crippen LogP contribution in [0, 0.1) is 5.41 Å². The summed E-state index contributed by atoms with van der Waals surface area (Å²) in [7, 11) is 0. The number of alkyl carbamates (subject to hydrolysis) is 2. The standard InChI is InChI=1S/C38H56N8O7/c1-35(2,3)52-33(50)40-27-23-38(24-27)21-26(22-38)39-15-13-25-9-11-28(12-10-25)46-16-14-29(42-32(46)49)41-31(48)45-19-17-44(18-20-45)30(47)37(7,8)43-34(51)53-36(4,5)6/h9-12,14,16,26-27,39H,13,15,17-24H2,1-8H3,(H,40,50)(H,43,51)(H,41,42,48,49). The minimum atomic E-state index is -1.19. The van der Waals surface area contributed by atoms with E-state index in [-0.39, 0.29) is 50.0 Å². The fraction of sp³-hybridized carbons (Fsp3) is 0.632. The zero-order valence-electron chi connectivity index (χ0n) is 32.3. The molecule has 5 amide bonds. The molecule has 290 valence electrons. The van der Waals surface area contributed by atoms with E-state index < -0.39 is 34.6 Å². The summed E-state index contributed by atoms with van der Waals surface area (Å²) in [6, 6.07) is 9.60. The van der Waals surface area contributed by atoms with Crippen LogP contribution in [0.25, 0.3) is 5.69 Å². The Morgan fingerprint density at radius 3 is 1.94 bits per heavy atom. The Bertz CT molecular complexity index is 1710. The van der Waals surface area contributed by atoms with E-state index >= 15 is 0 Å². The number of nitrogens with one attached hydrogen (secondary N) is 4. The molecule has 2 saturated carbocycles. The fourth-order valence-electron chi connectivity index (χ4n) is 7.25. The number of amides is 5. The van der Waals surface area contributed by atoms with E-state index in [1.54, 1.807) is 56.7 Å². The van der Waals surface area contributed by atoms with Crippen LogP contribution in [-0.4, -0.2) is 105 Å². The molecule has 3 fully saturated rings. The first-order chi connectivity index (χ1) is 24.7. The summed E-state index contributed by atoms with van der Waals surface area (Å²) in [6.07, 6.45) is 5.68. The van der Waals surface area contributed by atoms with E-state index in [2.05, 4.69) is 26.3 Å². The monoisotopic (exact) mass is 736 g/mol. The number of hydrogen-bond acceptors (Lipinski definition) is 9. The van der Waals surface area contributed by atoms with Crippen molar-refractivity contribution in [2.24, 2.45) is 5.41 Å². The van der Waals surface area contributed by atoms with E-state index in [1.807, 2.05) is 45.0 Å². The molecule has 1 aromatic carbocycles. The van der Waals surface area contributed by atoms with Crippen molar-refractivity contribution in [3.8, 4) is 5.69 Å². The average molecular weight is 737 g/mol. The van der Waals surface area contributed by atoms with Gasteiger partial charge >= 0.3 is 23.9 Å². The second-order valence-electron chi connectivity index (χ2n) is 17.2. The van der Waals surface area contributed by atoms with Crippen LogP contribution >= 0.6 is 0 Å². The van der Waals surface area contributed by atoms with Crippen LogP contribution in [0.4, 0.5) is 20.2 Å². The van der Waals surface area contributed by atoms with Crippen LogP contribution in [-0.2, 0) is 20.7 Å². The summed E-state index contributed by atoms with van der Waals surface area (Å²) in [5.41, 5.74) is -0.733. The summed E-state index contributed by atoms with van der Waals surface area (Å²) in [4.78, 5) is 70.5. The molecular weight excluding hydrogens is 680 g/mol. The molecule has 15 nitrogen and oxygen atoms in total. The first-order valence-corrected chi connectivity index (χ1v) is 18.5. The molecule has 2 aromatic rings. The summed E-state index contributed by atoms with van der Waals surface area (Å²) in [5, 5.41) is 12.0. The maximum absolute atomic E-state index is 13.1. The van der Waals surface area contributed by atoms with Crippen molar-refractivity contribution in [2.75, 3.05) is 38.0 Å². The van der Waals surface area contributed by atoms with Crippen LogP contribution in [0.2, 0.25) is 0 Å². The highest BCUT2D eigenvalue weighted by atomic mass is 16.6. The first-order valence-electron chi connectivity index (χ1n) is 18.5. The van der Waals surface area contributed by atoms with Crippen molar-refractivity contribution in [1.29, 1.82) is 0 Å². The SMILES string of the molecule is CC(C)(C)OC(=O)NC1CC2(CC(NCCc3ccc(-n4ccc(NC(=O)N5CCN(C(=O)C(C)(C)NC(=O)OC(C)(C)C)CC5)nc4=O)cc3)C2)C1. The minimum Gasteiger partial charge on any atom is -0.444 e. The van der Waals surface area contributed by atoms with Gasteiger partial charge in [0.05, 0.1) is 5.69 Å². The minimum absolute atomic E-state index is 0.134. The number of piperazine rings is 1. The molecule has 2 heterocycles. The highest BCUT2D eigenvalue weighted by Gasteiger charge is 2.53. The topological polar surface area (TPSA) is 176 Å². The summed E-state index contributed by atoms with van der Waals surface area (Å²) in [5.74, 6) is -0.144. The van der Waals surface area contributed by atoms with Gasteiger partial charge in [0.15, 0.2) is 0 Å². The number of aromatic nitrogens is 2. The van der Waals surface area contributed by atoms with Gasteiger partial charge in [0, 0.05) is 44.5 Å². The molecule has 3 aliphatic rings. The number of hydrogen-bond donors (Lipinski definition) is 4.